The van der Waals surface area contributed by atoms with Crippen LogP contribution in [0.1, 0.15) is 45.4 Å². The third-order valence-corrected chi connectivity index (χ3v) is 2.88. The van der Waals surface area contributed by atoms with Crippen molar-refractivity contribution in [3.8, 4) is 0 Å². The minimum atomic E-state index is 0.947. The van der Waals surface area contributed by atoms with Crippen LogP contribution >= 0.6 is 0 Å². The van der Waals surface area contributed by atoms with Gasteiger partial charge in [0.05, 0.1) is 0 Å². The van der Waals surface area contributed by atoms with Gasteiger partial charge in [-0.1, -0.05) is 56.4 Å². The third kappa shape index (κ3) is 2.84. The standard InChI is InChI=1S/C12H20/c1-3-11(4-2)10-12-8-6-5-7-9-12/h3-4,12H,1,5-10H2,2H3/b11-4+. The van der Waals surface area contributed by atoms with Crippen LogP contribution in [0.2, 0.25) is 0 Å². The summed E-state index contributed by atoms with van der Waals surface area (Å²) in [5, 5.41) is 0. The van der Waals surface area contributed by atoms with Gasteiger partial charge in [-0.2, -0.15) is 0 Å². The molecule has 1 saturated carbocycles. The van der Waals surface area contributed by atoms with Crippen LogP contribution in [0.4, 0.5) is 0 Å². The molecule has 0 saturated heterocycles. The van der Waals surface area contributed by atoms with E-state index in [9.17, 15) is 0 Å². The first-order chi connectivity index (χ1) is 5.86. The van der Waals surface area contributed by atoms with E-state index in [0.717, 1.165) is 5.92 Å². The zero-order chi connectivity index (χ0) is 8.81. The Morgan fingerprint density at radius 1 is 1.33 bits per heavy atom. The van der Waals surface area contributed by atoms with Crippen LogP contribution in [0.3, 0.4) is 0 Å². The van der Waals surface area contributed by atoms with Crippen molar-refractivity contribution in [2.45, 2.75) is 45.4 Å². The lowest BCUT2D eigenvalue weighted by Gasteiger charge is -2.21. The summed E-state index contributed by atoms with van der Waals surface area (Å²) >= 11 is 0. The van der Waals surface area contributed by atoms with Crippen molar-refractivity contribution in [3.63, 3.8) is 0 Å². The molecule has 1 fully saturated rings. The first kappa shape index (κ1) is 9.57. The SMILES string of the molecule is C=C/C(=C\C)CC1CCCCC1. The summed E-state index contributed by atoms with van der Waals surface area (Å²) in [5.41, 5.74) is 1.43. The topological polar surface area (TPSA) is 0 Å². The maximum atomic E-state index is 3.83. The van der Waals surface area contributed by atoms with Gasteiger partial charge in [0.25, 0.3) is 0 Å². The highest BCUT2D eigenvalue weighted by Gasteiger charge is 2.13. The fraction of sp³-hybridized carbons (Fsp3) is 0.667. The summed E-state index contributed by atoms with van der Waals surface area (Å²) in [5.74, 6) is 0.947. The molecular formula is C12H20. The molecule has 0 heterocycles. The van der Waals surface area contributed by atoms with Gasteiger partial charge >= 0.3 is 0 Å². The Kier molecular flexibility index (Phi) is 4.13. The Morgan fingerprint density at radius 2 is 2.00 bits per heavy atom. The van der Waals surface area contributed by atoms with Crippen LogP contribution in [0.25, 0.3) is 0 Å². The molecule has 1 rings (SSSR count). The van der Waals surface area contributed by atoms with Crippen molar-refractivity contribution >= 4 is 0 Å². The molecular weight excluding hydrogens is 144 g/mol. The number of hydrogen-bond donors (Lipinski definition) is 0. The molecule has 0 aromatic heterocycles. The van der Waals surface area contributed by atoms with E-state index in [1.807, 2.05) is 6.08 Å². The van der Waals surface area contributed by atoms with Crippen LogP contribution in [0, 0.1) is 5.92 Å². The predicted octanol–water partition coefficient (Wildman–Crippen LogP) is 4.09. The molecule has 0 N–H and O–H groups in total. The van der Waals surface area contributed by atoms with Crippen LogP contribution in [0.5, 0.6) is 0 Å². The van der Waals surface area contributed by atoms with Gasteiger partial charge in [0.15, 0.2) is 0 Å². The van der Waals surface area contributed by atoms with E-state index in [2.05, 4.69) is 19.6 Å². The maximum Gasteiger partial charge on any atom is -0.0254 e. The molecule has 0 nitrogen and oxygen atoms in total. The van der Waals surface area contributed by atoms with Gasteiger partial charge in [-0.3, -0.25) is 0 Å². The van der Waals surface area contributed by atoms with E-state index in [0.29, 0.717) is 0 Å². The molecule has 0 bridgehead atoms. The molecule has 68 valence electrons. The highest BCUT2D eigenvalue weighted by Crippen LogP contribution is 2.28. The molecule has 0 aromatic rings. The van der Waals surface area contributed by atoms with E-state index in [1.54, 1.807) is 0 Å². The summed E-state index contributed by atoms with van der Waals surface area (Å²) in [6.45, 7) is 5.94. The predicted molar refractivity (Wildman–Crippen MR) is 55.1 cm³/mol. The molecule has 0 unspecified atom stereocenters. The zero-order valence-corrected chi connectivity index (χ0v) is 8.18. The van der Waals surface area contributed by atoms with Crippen molar-refractivity contribution in [2.24, 2.45) is 5.92 Å². The van der Waals surface area contributed by atoms with Gasteiger partial charge < -0.3 is 0 Å². The largest absolute Gasteiger partial charge is 0.0988 e. The van der Waals surface area contributed by atoms with Crippen molar-refractivity contribution in [1.29, 1.82) is 0 Å². The fourth-order valence-electron chi connectivity index (χ4n) is 2.04. The van der Waals surface area contributed by atoms with Gasteiger partial charge in [0.1, 0.15) is 0 Å². The van der Waals surface area contributed by atoms with Gasteiger partial charge in [-0.15, -0.1) is 0 Å². The molecule has 12 heavy (non-hydrogen) atoms. The van der Waals surface area contributed by atoms with E-state index in [-0.39, 0.29) is 0 Å². The lowest BCUT2D eigenvalue weighted by atomic mass is 9.85. The third-order valence-electron chi connectivity index (χ3n) is 2.88. The Balaban J connectivity index is 2.33. The molecule has 1 aliphatic rings. The zero-order valence-electron chi connectivity index (χ0n) is 8.18. The van der Waals surface area contributed by atoms with E-state index >= 15 is 0 Å². The smallest absolute Gasteiger partial charge is 0.0254 e. The molecule has 0 radical (unpaired) electrons. The number of allylic oxidation sites excluding steroid dienone is 3. The highest BCUT2D eigenvalue weighted by atomic mass is 14.2. The van der Waals surface area contributed by atoms with Gasteiger partial charge in [0.2, 0.25) is 0 Å². The normalized spacial score (nSPS) is 20.9. The average Bonchev–Trinajstić information content (AvgIpc) is 2.16. The summed E-state index contributed by atoms with van der Waals surface area (Å²) < 4.78 is 0. The number of rotatable bonds is 3. The first-order valence-corrected chi connectivity index (χ1v) is 5.14. The Labute approximate surface area is 76.4 Å². The lowest BCUT2D eigenvalue weighted by Crippen LogP contribution is -2.06. The maximum absolute atomic E-state index is 3.83. The minimum Gasteiger partial charge on any atom is -0.0988 e. The summed E-state index contributed by atoms with van der Waals surface area (Å²) in [4.78, 5) is 0. The molecule has 0 aliphatic heterocycles. The van der Waals surface area contributed by atoms with Crippen molar-refractivity contribution in [2.75, 3.05) is 0 Å². The minimum absolute atomic E-state index is 0.947. The summed E-state index contributed by atoms with van der Waals surface area (Å²) in [7, 11) is 0. The van der Waals surface area contributed by atoms with E-state index in [4.69, 9.17) is 0 Å². The fourth-order valence-corrected chi connectivity index (χ4v) is 2.04. The lowest BCUT2D eigenvalue weighted by molar-refractivity contribution is 0.357. The molecule has 1 aliphatic carbocycles. The van der Waals surface area contributed by atoms with Crippen LogP contribution in [-0.2, 0) is 0 Å². The Bertz CT molecular complexity index is 159. The number of hydrogen-bond acceptors (Lipinski definition) is 0. The monoisotopic (exact) mass is 164 g/mol. The molecule has 0 atom stereocenters. The Hall–Kier alpha value is -0.520. The van der Waals surface area contributed by atoms with Crippen LogP contribution in [-0.4, -0.2) is 0 Å². The van der Waals surface area contributed by atoms with Gasteiger partial charge in [0, 0.05) is 0 Å². The van der Waals surface area contributed by atoms with Crippen molar-refractivity contribution in [3.05, 3.63) is 24.3 Å². The second kappa shape index (κ2) is 5.18. The van der Waals surface area contributed by atoms with Crippen molar-refractivity contribution in [1.82, 2.24) is 0 Å². The van der Waals surface area contributed by atoms with E-state index in [1.165, 1.54) is 44.1 Å². The average molecular weight is 164 g/mol. The van der Waals surface area contributed by atoms with Gasteiger partial charge in [-0.25, -0.2) is 0 Å². The van der Waals surface area contributed by atoms with Crippen LogP contribution in [0.15, 0.2) is 24.3 Å². The van der Waals surface area contributed by atoms with Crippen molar-refractivity contribution < 1.29 is 0 Å². The molecule has 0 spiro atoms. The second-order valence-electron chi connectivity index (χ2n) is 3.78. The summed E-state index contributed by atoms with van der Waals surface area (Å²) in [6, 6.07) is 0. The second-order valence-corrected chi connectivity index (χ2v) is 3.78. The quantitative estimate of drug-likeness (QED) is 0.551. The first-order valence-electron chi connectivity index (χ1n) is 5.14. The van der Waals surface area contributed by atoms with E-state index < -0.39 is 0 Å². The molecule has 0 heteroatoms. The molecule has 0 amide bonds. The van der Waals surface area contributed by atoms with Gasteiger partial charge in [-0.05, 0) is 19.3 Å². The highest BCUT2D eigenvalue weighted by molar-refractivity contribution is 5.15. The Morgan fingerprint density at radius 3 is 2.50 bits per heavy atom. The van der Waals surface area contributed by atoms with Crippen LogP contribution < -0.4 is 0 Å². The summed E-state index contributed by atoms with van der Waals surface area (Å²) in [6.07, 6.45) is 12.7. The molecule has 0 aromatic carbocycles.